The van der Waals surface area contributed by atoms with E-state index in [-0.39, 0.29) is 28.9 Å². The van der Waals surface area contributed by atoms with E-state index in [4.69, 9.17) is 23.4 Å². The molecule has 9 heteroatoms. The molecule has 0 spiro atoms. The summed E-state index contributed by atoms with van der Waals surface area (Å²) >= 11 is 0. The van der Waals surface area contributed by atoms with E-state index in [1.54, 1.807) is 13.8 Å². The van der Waals surface area contributed by atoms with Gasteiger partial charge in [-0.2, -0.15) is 0 Å². The molecule has 4 rings (SSSR count). The van der Waals surface area contributed by atoms with Crippen molar-refractivity contribution in [2.75, 3.05) is 6.61 Å². The van der Waals surface area contributed by atoms with Gasteiger partial charge in [-0.1, -0.05) is 133 Å². The number of hydrogen-bond acceptors (Lipinski definition) is 7. The van der Waals surface area contributed by atoms with Crippen LogP contribution < -0.4 is 10.4 Å². The fraction of sp³-hybridized carbons (Fsp3) is 0.524. The summed E-state index contributed by atoms with van der Waals surface area (Å²) in [5.41, 5.74) is 3.80. The first-order valence-electron chi connectivity index (χ1n) is 18.3. The van der Waals surface area contributed by atoms with Gasteiger partial charge in [0.05, 0.1) is 12.2 Å². The van der Waals surface area contributed by atoms with Gasteiger partial charge in [0.25, 0.3) is 8.32 Å². The number of cyclic esters (lactones) is 1. The topological polar surface area (TPSA) is 80.3 Å². The molecule has 0 fully saturated rings. The molecule has 0 saturated carbocycles. The van der Waals surface area contributed by atoms with Crippen LogP contribution in [0.3, 0.4) is 0 Å². The standard InChI is InChI=1S/C42H58O7Si2/c1-30(22-23-31(2)36(46-32(3)43)25-27-50(9,10)11)28-37-39-38(48-42(7,8)49-40(39)44)29-33(47-37)24-26-45-51(41(4,5)6,34-18-14-12-15-19-34)35-20-16-13-17-21-35/h12-23,30-31,33,36-37H,24,26,28-29H2,1-11H3/b23-22+/t30-,31-,33+,36-,37-/m0/s1. The maximum Gasteiger partial charge on any atom is 0.343 e. The molecule has 276 valence electrons. The second-order valence-corrected chi connectivity index (χ2v) is 25.5. The van der Waals surface area contributed by atoms with Crippen LogP contribution in [0.2, 0.25) is 24.7 Å². The molecule has 51 heavy (non-hydrogen) atoms. The van der Waals surface area contributed by atoms with Crippen LogP contribution in [0.5, 0.6) is 0 Å². The highest BCUT2D eigenvalue weighted by atomic mass is 28.4. The minimum Gasteiger partial charge on any atom is -0.456 e. The number of carbonyl (C=O) groups is 2. The van der Waals surface area contributed by atoms with E-state index in [1.807, 2.05) is 25.1 Å². The summed E-state index contributed by atoms with van der Waals surface area (Å²) in [5, 5.41) is 2.32. The van der Waals surface area contributed by atoms with E-state index in [2.05, 4.69) is 113 Å². The van der Waals surface area contributed by atoms with Crippen LogP contribution in [0.1, 0.15) is 74.7 Å². The fourth-order valence-electron chi connectivity index (χ4n) is 6.85. The third-order valence-corrected chi connectivity index (χ3v) is 15.1. The predicted molar refractivity (Wildman–Crippen MR) is 209 cm³/mol. The summed E-state index contributed by atoms with van der Waals surface area (Å²) in [6.07, 6.45) is 4.54. The van der Waals surface area contributed by atoms with Crippen molar-refractivity contribution in [3.63, 3.8) is 0 Å². The highest BCUT2D eigenvalue weighted by molar-refractivity contribution is 6.99. The maximum atomic E-state index is 13.4. The number of allylic oxidation sites excluding steroid dienone is 1. The van der Waals surface area contributed by atoms with E-state index in [0.717, 1.165) is 0 Å². The van der Waals surface area contributed by atoms with Crippen LogP contribution in [-0.2, 0) is 33.0 Å². The van der Waals surface area contributed by atoms with Crippen molar-refractivity contribution < 1.29 is 33.0 Å². The Morgan fingerprint density at radius 1 is 0.980 bits per heavy atom. The highest BCUT2D eigenvalue weighted by Crippen LogP contribution is 2.40. The smallest absolute Gasteiger partial charge is 0.343 e. The second-order valence-electron chi connectivity index (χ2n) is 16.5. The Labute approximate surface area is 308 Å². The van der Waals surface area contributed by atoms with Gasteiger partial charge in [-0.25, -0.2) is 4.79 Å². The Morgan fingerprint density at radius 3 is 2.10 bits per heavy atom. The molecule has 0 saturated heterocycles. The van der Waals surface area contributed by atoms with Crippen LogP contribution >= 0.6 is 0 Å². The summed E-state index contributed by atoms with van der Waals surface area (Å²) in [5.74, 6) is 1.97. The average Bonchev–Trinajstić information content (AvgIpc) is 3.02. The molecule has 0 N–H and O–H groups in total. The summed E-state index contributed by atoms with van der Waals surface area (Å²) in [6, 6.07) is 21.2. The van der Waals surface area contributed by atoms with Gasteiger partial charge in [0.15, 0.2) is 6.10 Å². The summed E-state index contributed by atoms with van der Waals surface area (Å²) in [4.78, 5) is 25.2. The first-order valence-corrected chi connectivity index (χ1v) is 23.7. The van der Waals surface area contributed by atoms with Gasteiger partial charge < -0.3 is 23.4 Å². The SMILES string of the molecule is CC(=O)O[C@@H](C#C[Si](C)(C)C)[C@@H](C)/C=C/[C@H](C)C[C@@H]1O[C@H](CCO[Si](c2ccccc2)(c2ccccc2)C(C)(C)C)CC2=C1C(=O)OC(C)(C)O2. The normalized spacial score (nSPS) is 21.0. The Bertz CT molecular complexity index is 1580. The monoisotopic (exact) mass is 730 g/mol. The molecule has 0 aliphatic carbocycles. The molecule has 0 aromatic heterocycles. The summed E-state index contributed by atoms with van der Waals surface area (Å²) < 4.78 is 31.5. The van der Waals surface area contributed by atoms with Gasteiger partial charge in [0.2, 0.25) is 5.79 Å². The summed E-state index contributed by atoms with van der Waals surface area (Å²) in [7, 11) is -4.38. The minimum absolute atomic E-state index is 0.0315. The molecular formula is C42H58O7Si2. The van der Waals surface area contributed by atoms with Crippen molar-refractivity contribution in [2.45, 2.75) is 123 Å². The molecular weight excluding hydrogens is 673 g/mol. The third kappa shape index (κ3) is 10.6. The zero-order valence-corrected chi connectivity index (χ0v) is 34.5. The number of carbonyl (C=O) groups excluding carboxylic acids is 2. The Kier molecular flexibility index (Phi) is 13.1. The van der Waals surface area contributed by atoms with E-state index in [1.165, 1.54) is 17.3 Å². The lowest BCUT2D eigenvalue weighted by molar-refractivity contribution is -0.217. The number of hydrogen-bond donors (Lipinski definition) is 0. The molecule has 2 aliphatic heterocycles. The zero-order chi connectivity index (χ0) is 37.6. The lowest BCUT2D eigenvalue weighted by Crippen LogP contribution is -2.66. The summed E-state index contributed by atoms with van der Waals surface area (Å²) in [6.45, 7) is 22.8. The van der Waals surface area contributed by atoms with Crippen molar-refractivity contribution in [1.82, 2.24) is 0 Å². The van der Waals surface area contributed by atoms with Crippen molar-refractivity contribution >= 4 is 38.7 Å². The van der Waals surface area contributed by atoms with Crippen molar-refractivity contribution in [2.24, 2.45) is 11.8 Å². The van der Waals surface area contributed by atoms with E-state index >= 15 is 0 Å². The average molecular weight is 731 g/mol. The molecule has 2 aromatic rings. The lowest BCUT2D eigenvalue weighted by atomic mass is 9.91. The minimum atomic E-state index is -2.72. The van der Waals surface area contributed by atoms with Gasteiger partial charge >= 0.3 is 11.9 Å². The molecule has 0 unspecified atom stereocenters. The first-order chi connectivity index (χ1) is 23.8. The molecule has 0 radical (unpaired) electrons. The first kappa shape index (κ1) is 40.3. The zero-order valence-electron chi connectivity index (χ0n) is 32.5. The molecule has 0 amide bonds. The molecule has 7 nitrogen and oxygen atoms in total. The van der Waals surface area contributed by atoms with Gasteiger partial charge in [-0.05, 0) is 34.2 Å². The van der Waals surface area contributed by atoms with Crippen LogP contribution in [0.15, 0.2) is 84.1 Å². The number of rotatable bonds is 12. The quantitative estimate of drug-likeness (QED) is 0.0959. The van der Waals surface area contributed by atoms with Gasteiger partial charge in [-0.15, -0.1) is 5.54 Å². The van der Waals surface area contributed by atoms with Gasteiger partial charge in [0, 0.05) is 39.7 Å². The van der Waals surface area contributed by atoms with E-state index in [9.17, 15) is 9.59 Å². The second kappa shape index (κ2) is 16.5. The number of esters is 2. The predicted octanol–water partition coefficient (Wildman–Crippen LogP) is 7.71. The Hall–Kier alpha value is -3.43. The van der Waals surface area contributed by atoms with E-state index in [0.29, 0.717) is 37.2 Å². The van der Waals surface area contributed by atoms with Gasteiger partial charge in [-0.3, -0.25) is 4.79 Å². The number of benzene rings is 2. The van der Waals surface area contributed by atoms with Crippen LogP contribution in [-0.4, -0.2) is 59.0 Å². The van der Waals surface area contributed by atoms with E-state index < -0.39 is 40.4 Å². The lowest BCUT2D eigenvalue weighted by Gasteiger charge is -2.44. The van der Waals surface area contributed by atoms with Crippen LogP contribution in [0, 0.1) is 23.3 Å². The molecule has 2 aromatic carbocycles. The molecule has 0 bridgehead atoms. The molecule has 2 aliphatic rings. The highest BCUT2D eigenvalue weighted by Gasteiger charge is 2.50. The fourth-order valence-corrected chi connectivity index (χ4v) is 12.0. The molecule has 5 atom stereocenters. The van der Waals surface area contributed by atoms with Crippen LogP contribution in [0.25, 0.3) is 0 Å². The van der Waals surface area contributed by atoms with Gasteiger partial charge in [0.1, 0.15) is 19.4 Å². The Morgan fingerprint density at radius 2 is 1.57 bits per heavy atom. The largest absolute Gasteiger partial charge is 0.456 e. The van der Waals surface area contributed by atoms with Crippen molar-refractivity contribution in [3.05, 3.63) is 84.1 Å². The number of ether oxygens (including phenoxy) is 4. The third-order valence-electron chi connectivity index (χ3n) is 9.18. The Balaban J connectivity index is 1.56. The maximum absolute atomic E-state index is 13.4. The van der Waals surface area contributed by atoms with Crippen molar-refractivity contribution in [1.29, 1.82) is 0 Å². The van der Waals surface area contributed by atoms with Crippen molar-refractivity contribution in [3.8, 4) is 11.5 Å². The molecule has 2 heterocycles. The van der Waals surface area contributed by atoms with Crippen LogP contribution in [0.4, 0.5) is 0 Å².